The van der Waals surface area contributed by atoms with Crippen molar-refractivity contribution < 1.29 is 14.6 Å². The minimum atomic E-state index is -0.00160. The van der Waals surface area contributed by atoms with E-state index >= 15 is 0 Å². The molecule has 1 amide bonds. The van der Waals surface area contributed by atoms with Gasteiger partial charge in [0.05, 0.1) is 7.11 Å². The third kappa shape index (κ3) is 5.30. The van der Waals surface area contributed by atoms with Crippen molar-refractivity contribution in [1.82, 2.24) is 5.32 Å². The largest absolute Gasteiger partial charge is 0.496 e. The standard InChI is InChI=1S/C15H23NO3/c1-3-13-11-12(6-7-14(13)19-2)8-9-16-15(18)5-4-10-17/h6-7,11,17H,3-5,8-10H2,1-2H3,(H,16,18). The molecule has 0 atom stereocenters. The highest BCUT2D eigenvalue weighted by Crippen LogP contribution is 2.20. The van der Waals surface area contributed by atoms with Crippen molar-refractivity contribution >= 4 is 5.91 Å². The first-order valence-corrected chi connectivity index (χ1v) is 6.74. The Hall–Kier alpha value is -1.55. The lowest BCUT2D eigenvalue weighted by Crippen LogP contribution is -2.25. The second-order valence-corrected chi connectivity index (χ2v) is 4.43. The van der Waals surface area contributed by atoms with Gasteiger partial charge in [0, 0.05) is 19.6 Å². The lowest BCUT2D eigenvalue weighted by molar-refractivity contribution is -0.121. The normalized spacial score (nSPS) is 10.3. The molecule has 1 aromatic carbocycles. The average Bonchev–Trinajstić information content (AvgIpc) is 2.44. The highest BCUT2D eigenvalue weighted by Gasteiger charge is 2.04. The third-order valence-corrected chi connectivity index (χ3v) is 3.02. The molecule has 0 aliphatic carbocycles. The number of ether oxygens (including phenoxy) is 1. The summed E-state index contributed by atoms with van der Waals surface area (Å²) in [5, 5.41) is 11.5. The van der Waals surface area contributed by atoms with Crippen molar-refractivity contribution in [3.05, 3.63) is 29.3 Å². The lowest BCUT2D eigenvalue weighted by atomic mass is 10.1. The van der Waals surface area contributed by atoms with Crippen LogP contribution in [0.3, 0.4) is 0 Å². The molecular formula is C15H23NO3. The van der Waals surface area contributed by atoms with E-state index in [-0.39, 0.29) is 12.5 Å². The first kappa shape index (κ1) is 15.5. The number of aryl methyl sites for hydroxylation is 1. The number of benzene rings is 1. The van der Waals surface area contributed by atoms with Crippen LogP contribution in [0.15, 0.2) is 18.2 Å². The first-order chi connectivity index (χ1) is 9.21. The Morgan fingerprint density at radius 1 is 1.42 bits per heavy atom. The van der Waals surface area contributed by atoms with Gasteiger partial charge in [-0.3, -0.25) is 4.79 Å². The van der Waals surface area contributed by atoms with E-state index in [2.05, 4.69) is 18.3 Å². The van der Waals surface area contributed by atoms with Gasteiger partial charge in [-0.2, -0.15) is 0 Å². The summed E-state index contributed by atoms with van der Waals surface area (Å²) in [5.74, 6) is 0.913. The van der Waals surface area contributed by atoms with Crippen LogP contribution in [0.5, 0.6) is 5.75 Å². The smallest absolute Gasteiger partial charge is 0.220 e. The molecule has 0 aliphatic rings. The van der Waals surface area contributed by atoms with Crippen molar-refractivity contribution in [2.75, 3.05) is 20.3 Å². The van der Waals surface area contributed by atoms with Crippen LogP contribution in [0.4, 0.5) is 0 Å². The summed E-state index contributed by atoms with van der Waals surface area (Å²) >= 11 is 0. The fourth-order valence-corrected chi connectivity index (χ4v) is 1.94. The molecule has 2 N–H and O–H groups in total. The number of carbonyl (C=O) groups excluding carboxylic acids is 1. The number of hydrogen-bond donors (Lipinski definition) is 2. The SMILES string of the molecule is CCc1cc(CCNC(=O)CCCO)ccc1OC. The van der Waals surface area contributed by atoms with Gasteiger partial charge in [0.25, 0.3) is 0 Å². The Morgan fingerprint density at radius 3 is 2.84 bits per heavy atom. The molecule has 0 spiro atoms. The van der Waals surface area contributed by atoms with Gasteiger partial charge in [-0.15, -0.1) is 0 Å². The maximum absolute atomic E-state index is 11.4. The number of amides is 1. The molecule has 19 heavy (non-hydrogen) atoms. The van der Waals surface area contributed by atoms with Crippen LogP contribution in [0.1, 0.15) is 30.9 Å². The Balaban J connectivity index is 2.43. The van der Waals surface area contributed by atoms with Crippen LogP contribution >= 0.6 is 0 Å². The van der Waals surface area contributed by atoms with Crippen molar-refractivity contribution in [3.8, 4) is 5.75 Å². The van der Waals surface area contributed by atoms with Crippen LogP contribution in [0.25, 0.3) is 0 Å². The topological polar surface area (TPSA) is 58.6 Å². The van der Waals surface area contributed by atoms with Crippen molar-refractivity contribution in [2.24, 2.45) is 0 Å². The maximum Gasteiger partial charge on any atom is 0.220 e. The zero-order valence-electron chi connectivity index (χ0n) is 11.7. The summed E-state index contributed by atoms with van der Waals surface area (Å²) in [6.07, 6.45) is 2.65. The van der Waals surface area contributed by atoms with Crippen LogP contribution in [-0.4, -0.2) is 31.3 Å². The van der Waals surface area contributed by atoms with Crippen LogP contribution in [0.2, 0.25) is 0 Å². The summed E-state index contributed by atoms with van der Waals surface area (Å²) in [7, 11) is 1.68. The number of methoxy groups -OCH3 is 1. The molecule has 0 fully saturated rings. The molecule has 4 heteroatoms. The monoisotopic (exact) mass is 265 g/mol. The summed E-state index contributed by atoms with van der Waals surface area (Å²) in [5.41, 5.74) is 2.38. The highest BCUT2D eigenvalue weighted by atomic mass is 16.5. The Kier molecular flexibility index (Phi) is 6.97. The van der Waals surface area contributed by atoms with Crippen molar-refractivity contribution in [2.45, 2.75) is 32.6 Å². The third-order valence-electron chi connectivity index (χ3n) is 3.02. The molecule has 0 aliphatic heterocycles. The molecule has 1 rings (SSSR count). The molecule has 0 radical (unpaired) electrons. The van der Waals surface area contributed by atoms with E-state index in [0.717, 1.165) is 18.6 Å². The fraction of sp³-hybridized carbons (Fsp3) is 0.533. The quantitative estimate of drug-likeness (QED) is 0.752. The molecule has 0 aromatic heterocycles. The predicted molar refractivity (Wildman–Crippen MR) is 75.4 cm³/mol. The number of nitrogens with one attached hydrogen (secondary N) is 1. The van der Waals surface area contributed by atoms with Crippen LogP contribution < -0.4 is 10.1 Å². The van der Waals surface area contributed by atoms with Crippen LogP contribution in [0, 0.1) is 0 Å². The van der Waals surface area contributed by atoms with Crippen molar-refractivity contribution in [1.29, 1.82) is 0 Å². The van der Waals surface area contributed by atoms with Gasteiger partial charge in [-0.25, -0.2) is 0 Å². The molecule has 0 saturated carbocycles. The number of carbonyl (C=O) groups is 1. The minimum absolute atomic E-state index is 0.00160. The van der Waals surface area contributed by atoms with Crippen molar-refractivity contribution in [3.63, 3.8) is 0 Å². The number of aliphatic hydroxyl groups is 1. The van der Waals surface area contributed by atoms with E-state index < -0.39 is 0 Å². The molecule has 0 bridgehead atoms. The molecule has 106 valence electrons. The number of rotatable bonds is 8. The minimum Gasteiger partial charge on any atom is -0.496 e. The summed E-state index contributed by atoms with van der Waals surface area (Å²) < 4.78 is 5.28. The van der Waals surface area contributed by atoms with Crippen LogP contribution in [-0.2, 0) is 17.6 Å². The summed E-state index contributed by atoms with van der Waals surface area (Å²) in [6.45, 7) is 2.78. The van der Waals surface area contributed by atoms with Gasteiger partial charge in [-0.1, -0.05) is 19.1 Å². The van der Waals surface area contributed by atoms with Gasteiger partial charge < -0.3 is 15.2 Å². The molecule has 0 saturated heterocycles. The van der Waals surface area contributed by atoms with E-state index in [1.54, 1.807) is 7.11 Å². The molecule has 4 nitrogen and oxygen atoms in total. The van der Waals surface area contributed by atoms with E-state index in [1.165, 1.54) is 11.1 Å². The highest BCUT2D eigenvalue weighted by molar-refractivity contribution is 5.75. The Bertz CT molecular complexity index is 404. The number of hydrogen-bond acceptors (Lipinski definition) is 3. The van der Waals surface area contributed by atoms with E-state index in [0.29, 0.717) is 19.4 Å². The van der Waals surface area contributed by atoms with Gasteiger partial charge in [0.2, 0.25) is 5.91 Å². The van der Waals surface area contributed by atoms with Gasteiger partial charge in [-0.05, 0) is 36.5 Å². The lowest BCUT2D eigenvalue weighted by Gasteiger charge is -2.10. The molecular weight excluding hydrogens is 242 g/mol. The van der Waals surface area contributed by atoms with Gasteiger partial charge in [0.1, 0.15) is 5.75 Å². The van der Waals surface area contributed by atoms with Gasteiger partial charge in [0.15, 0.2) is 0 Å². The fourth-order valence-electron chi connectivity index (χ4n) is 1.94. The maximum atomic E-state index is 11.4. The van der Waals surface area contributed by atoms with E-state index in [9.17, 15) is 4.79 Å². The predicted octanol–water partition coefficient (Wildman–Crippen LogP) is 1.69. The zero-order valence-corrected chi connectivity index (χ0v) is 11.7. The summed E-state index contributed by atoms with van der Waals surface area (Å²) in [6, 6.07) is 6.12. The first-order valence-electron chi connectivity index (χ1n) is 6.74. The van der Waals surface area contributed by atoms with Gasteiger partial charge >= 0.3 is 0 Å². The number of aliphatic hydroxyl groups excluding tert-OH is 1. The molecule has 0 heterocycles. The average molecular weight is 265 g/mol. The second-order valence-electron chi connectivity index (χ2n) is 4.43. The zero-order chi connectivity index (χ0) is 14.1. The second kappa shape index (κ2) is 8.53. The van der Waals surface area contributed by atoms with E-state index in [1.807, 2.05) is 12.1 Å². The van der Waals surface area contributed by atoms with E-state index in [4.69, 9.17) is 9.84 Å². The Morgan fingerprint density at radius 2 is 2.21 bits per heavy atom. The molecule has 0 unspecified atom stereocenters. The Labute approximate surface area is 114 Å². The molecule has 1 aromatic rings. The summed E-state index contributed by atoms with van der Waals surface area (Å²) in [4.78, 5) is 11.4.